The molecule has 0 saturated carbocycles. The second-order valence-electron chi connectivity index (χ2n) is 6.27. The van der Waals surface area contributed by atoms with E-state index in [-0.39, 0.29) is 0 Å². The lowest BCUT2D eigenvalue weighted by molar-refractivity contribution is -0.131. The van der Waals surface area contributed by atoms with Crippen molar-refractivity contribution in [2.45, 2.75) is 19.4 Å². The largest absolute Gasteiger partial charge is 0.342 e. The van der Waals surface area contributed by atoms with Gasteiger partial charge in [0.2, 0.25) is 5.91 Å². The average molecular weight is 366 g/mol. The second kappa shape index (κ2) is 7.57. The predicted molar refractivity (Wildman–Crippen MR) is 91.7 cm³/mol. The molecule has 1 aromatic carbocycles. The molecule has 0 aliphatic carbocycles. The first-order valence-corrected chi connectivity index (χ1v) is 8.97. The number of carbonyl (C=O) groups excluding carboxylic acids is 1. The minimum absolute atomic E-state index is 0.318. The number of hydrogen-bond donors (Lipinski definition) is 0. The predicted octanol–water partition coefficient (Wildman–Crippen LogP) is 2.19. The fourth-order valence-corrected chi connectivity index (χ4v) is 3.70. The van der Waals surface area contributed by atoms with Crippen molar-refractivity contribution in [1.29, 1.82) is 0 Å². The summed E-state index contributed by atoms with van der Waals surface area (Å²) in [5, 5.41) is 0. The van der Waals surface area contributed by atoms with Gasteiger partial charge in [0, 0.05) is 50.3 Å². The third kappa shape index (κ3) is 4.31. The lowest BCUT2D eigenvalue weighted by atomic mass is 10.2. The van der Waals surface area contributed by atoms with Crippen LogP contribution in [0.1, 0.15) is 18.4 Å². The van der Waals surface area contributed by atoms with Crippen LogP contribution in [0.4, 0.5) is 0 Å². The third-order valence-corrected chi connectivity index (χ3v) is 5.07. The molecular formula is C17H24BrN3O. The highest BCUT2D eigenvalue weighted by Gasteiger charge is 2.23. The Hall–Kier alpha value is -0.910. The molecule has 0 bridgehead atoms. The monoisotopic (exact) mass is 365 g/mol. The molecule has 2 aliphatic heterocycles. The van der Waals surface area contributed by atoms with Gasteiger partial charge in [0.15, 0.2) is 0 Å². The number of piperazine rings is 1. The van der Waals surface area contributed by atoms with Crippen LogP contribution < -0.4 is 0 Å². The first-order valence-electron chi connectivity index (χ1n) is 8.18. The van der Waals surface area contributed by atoms with Crippen molar-refractivity contribution >= 4 is 21.8 Å². The fraction of sp³-hybridized carbons (Fsp3) is 0.588. The Bertz CT molecular complexity index is 508. The Morgan fingerprint density at radius 2 is 1.68 bits per heavy atom. The highest BCUT2D eigenvalue weighted by molar-refractivity contribution is 9.10. The number of carbonyl (C=O) groups is 1. The molecule has 0 aromatic heterocycles. The van der Waals surface area contributed by atoms with Crippen molar-refractivity contribution in [3.8, 4) is 0 Å². The van der Waals surface area contributed by atoms with Gasteiger partial charge in [-0.3, -0.25) is 14.6 Å². The molecule has 120 valence electrons. The van der Waals surface area contributed by atoms with Gasteiger partial charge in [-0.2, -0.15) is 0 Å². The van der Waals surface area contributed by atoms with E-state index in [1.54, 1.807) is 0 Å². The van der Waals surface area contributed by atoms with E-state index in [1.807, 2.05) is 4.90 Å². The molecular weight excluding hydrogens is 342 g/mol. The SMILES string of the molecule is O=C(CN1CCN(Cc2cccc(Br)c2)CC1)N1CCCC1. The standard InChI is InChI=1S/C17H24BrN3O/c18-16-5-3-4-15(12-16)13-19-8-10-20(11-9-19)14-17(22)21-6-1-2-7-21/h3-5,12H,1-2,6-11,13-14H2. The summed E-state index contributed by atoms with van der Waals surface area (Å²) in [6.07, 6.45) is 2.35. The number of rotatable bonds is 4. The number of amides is 1. The number of likely N-dealkylation sites (tertiary alicyclic amines) is 1. The minimum Gasteiger partial charge on any atom is -0.342 e. The normalized spacial score (nSPS) is 20.5. The fourth-order valence-electron chi connectivity index (χ4n) is 3.26. The summed E-state index contributed by atoms with van der Waals surface area (Å²) in [5.74, 6) is 0.318. The average Bonchev–Trinajstić information content (AvgIpc) is 3.04. The maximum Gasteiger partial charge on any atom is 0.236 e. The van der Waals surface area contributed by atoms with Gasteiger partial charge >= 0.3 is 0 Å². The van der Waals surface area contributed by atoms with Crippen LogP contribution in [0.25, 0.3) is 0 Å². The van der Waals surface area contributed by atoms with Crippen LogP contribution in [-0.4, -0.2) is 66.4 Å². The van der Waals surface area contributed by atoms with E-state index in [2.05, 4.69) is 50.0 Å². The van der Waals surface area contributed by atoms with Crippen molar-refractivity contribution < 1.29 is 4.79 Å². The molecule has 0 spiro atoms. The lowest BCUT2D eigenvalue weighted by Gasteiger charge is -2.35. The zero-order valence-electron chi connectivity index (χ0n) is 13.0. The van der Waals surface area contributed by atoms with E-state index in [1.165, 1.54) is 18.4 Å². The molecule has 2 saturated heterocycles. The van der Waals surface area contributed by atoms with Gasteiger partial charge in [-0.05, 0) is 30.5 Å². The molecule has 3 rings (SSSR count). The number of hydrogen-bond acceptors (Lipinski definition) is 3. The van der Waals surface area contributed by atoms with E-state index < -0.39 is 0 Å². The molecule has 0 N–H and O–H groups in total. The van der Waals surface area contributed by atoms with E-state index in [0.29, 0.717) is 12.5 Å². The van der Waals surface area contributed by atoms with Crippen LogP contribution in [0, 0.1) is 0 Å². The summed E-state index contributed by atoms with van der Waals surface area (Å²) < 4.78 is 1.14. The molecule has 22 heavy (non-hydrogen) atoms. The van der Waals surface area contributed by atoms with Crippen molar-refractivity contribution in [2.24, 2.45) is 0 Å². The van der Waals surface area contributed by atoms with Crippen molar-refractivity contribution in [1.82, 2.24) is 14.7 Å². The number of halogens is 1. The highest BCUT2D eigenvalue weighted by Crippen LogP contribution is 2.15. The van der Waals surface area contributed by atoms with E-state index in [0.717, 1.165) is 50.3 Å². The van der Waals surface area contributed by atoms with E-state index >= 15 is 0 Å². The summed E-state index contributed by atoms with van der Waals surface area (Å²) in [6.45, 7) is 7.59. The lowest BCUT2D eigenvalue weighted by Crippen LogP contribution is -2.49. The van der Waals surface area contributed by atoms with Gasteiger partial charge in [-0.1, -0.05) is 28.1 Å². The molecule has 2 heterocycles. The van der Waals surface area contributed by atoms with Crippen LogP contribution in [0.5, 0.6) is 0 Å². The topological polar surface area (TPSA) is 26.8 Å². The number of benzene rings is 1. The Labute approximate surface area is 141 Å². The summed E-state index contributed by atoms with van der Waals surface area (Å²) in [4.78, 5) is 19.0. The quantitative estimate of drug-likeness (QED) is 0.818. The summed E-state index contributed by atoms with van der Waals surface area (Å²) in [7, 11) is 0. The third-order valence-electron chi connectivity index (χ3n) is 4.58. The second-order valence-corrected chi connectivity index (χ2v) is 7.19. The van der Waals surface area contributed by atoms with Gasteiger partial charge in [0.25, 0.3) is 0 Å². The molecule has 1 amide bonds. The molecule has 0 unspecified atom stereocenters. The Morgan fingerprint density at radius 3 is 2.36 bits per heavy atom. The first-order chi connectivity index (χ1) is 10.7. The minimum atomic E-state index is 0.318. The van der Waals surface area contributed by atoms with Crippen molar-refractivity contribution in [3.63, 3.8) is 0 Å². The highest BCUT2D eigenvalue weighted by atomic mass is 79.9. The zero-order valence-corrected chi connectivity index (χ0v) is 14.6. The first kappa shape index (κ1) is 16.0. The van der Waals surface area contributed by atoms with Crippen LogP contribution in [0.2, 0.25) is 0 Å². The van der Waals surface area contributed by atoms with Gasteiger partial charge in [-0.15, -0.1) is 0 Å². The number of nitrogens with zero attached hydrogens (tertiary/aromatic N) is 3. The van der Waals surface area contributed by atoms with Crippen molar-refractivity contribution in [3.05, 3.63) is 34.3 Å². The molecule has 2 fully saturated rings. The molecule has 0 atom stereocenters. The Morgan fingerprint density at radius 1 is 1.00 bits per heavy atom. The zero-order chi connectivity index (χ0) is 15.4. The van der Waals surface area contributed by atoms with Gasteiger partial charge in [-0.25, -0.2) is 0 Å². The van der Waals surface area contributed by atoms with Crippen LogP contribution >= 0.6 is 15.9 Å². The molecule has 2 aliphatic rings. The smallest absolute Gasteiger partial charge is 0.236 e. The maximum atomic E-state index is 12.2. The maximum absolute atomic E-state index is 12.2. The van der Waals surface area contributed by atoms with Crippen LogP contribution in [0.3, 0.4) is 0 Å². The van der Waals surface area contributed by atoms with Gasteiger partial charge < -0.3 is 4.90 Å². The van der Waals surface area contributed by atoms with Crippen LogP contribution in [0.15, 0.2) is 28.7 Å². The van der Waals surface area contributed by atoms with Gasteiger partial charge in [0.1, 0.15) is 0 Å². The molecule has 1 aromatic rings. The Balaban J connectivity index is 1.43. The van der Waals surface area contributed by atoms with E-state index in [9.17, 15) is 4.79 Å². The summed E-state index contributed by atoms with van der Waals surface area (Å²) >= 11 is 3.53. The molecule has 5 heteroatoms. The molecule has 0 radical (unpaired) electrons. The summed E-state index contributed by atoms with van der Waals surface area (Å²) in [5.41, 5.74) is 1.34. The Kier molecular flexibility index (Phi) is 5.50. The van der Waals surface area contributed by atoms with Crippen molar-refractivity contribution in [2.75, 3.05) is 45.8 Å². The molecule has 4 nitrogen and oxygen atoms in total. The van der Waals surface area contributed by atoms with Gasteiger partial charge in [0.05, 0.1) is 6.54 Å². The van der Waals surface area contributed by atoms with Crippen LogP contribution in [-0.2, 0) is 11.3 Å². The van der Waals surface area contributed by atoms with E-state index in [4.69, 9.17) is 0 Å². The summed E-state index contributed by atoms with van der Waals surface area (Å²) in [6, 6.07) is 8.51.